The van der Waals surface area contributed by atoms with E-state index in [1.54, 1.807) is 13.1 Å². The molecule has 5 nitrogen and oxygen atoms in total. The molecule has 2 N–H and O–H groups in total. The van der Waals surface area contributed by atoms with Gasteiger partial charge in [-0.2, -0.15) is 5.10 Å². The van der Waals surface area contributed by atoms with Gasteiger partial charge in [0.1, 0.15) is 5.82 Å². The molecule has 7 heteroatoms. The minimum atomic E-state index is -0.240. The Morgan fingerprint density at radius 2 is 1.77 bits per heavy atom. The lowest BCUT2D eigenvalue weighted by Crippen LogP contribution is -2.36. The van der Waals surface area contributed by atoms with Crippen molar-refractivity contribution in [2.24, 2.45) is 4.99 Å². The molecular weight excluding hydrogens is 444 g/mol. The Morgan fingerprint density at radius 1 is 1.04 bits per heavy atom. The molecule has 1 heterocycles. The summed E-state index contributed by atoms with van der Waals surface area (Å²) in [6.45, 7) is 1.09. The van der Waals surface area contributed by atoms with E-state index in [4.69, 9.17) is 0 Å². The second kappa shape index (κ2) is 9.91. The number of hydrogen-bond donors (Lipinski definition) is 2. The summed E-state index contributed by atoms with van der Waals surface area (Å²) in [5.41, 5.74) is 2.92. The molecule has 3 aromatic rings. The fourth-order valence-corrected chi connectivity index (χ4v) is 2.41. The van der Waals surface area contributed by atoms with Crippen molar-refractivity contribution < 1.29 is 4.39 Å². The van der Waals surface area contributed by atoms with Crippen LogP contribution in [0.5, 0.6) is 0 Å². The number of benzene rings is 2. The molecule has 0 bridgehead atoms. The molecular formula is C19H21FIN5. The van der Waals surface area contributed by atoms with Crippen LogP contribution >= 0.6 is 24.0 Å². The van der Waals surface area contributed by atoms with Crippen LogP contribution < -0.4 is 10.6 Å². The van der Waals surface area contributed by atoms with Crippen LogP contribution in [-0.4, -0.2) is 22.8 Å². The minimum Gasteiger partial charge on any atom is -0.352 e. The van der Waals surface area contributed by atoms with Gasteiger partial charge in [0.2, 0.25) is 0 Å². The van der Waals surface area contributed by atoms with E-state index in [2.05, 4.69) is 20.7 Å². The highest BCUT2D eigenvalue weighted by atomic mass is 127. The topological polar surface area (TPSA) is 54.2 Å². The molecule has 0 saturated carbocycles. The Morgan fingerprint density at radius 3 is 2.46 bits per heavy atom. The molecule has 0 fully saturated rings. The van der Waals surface area contributed by atoms with Gasteiger partial charge in [0.15, 0.2) is 5.96 Å². The van der Waals surface area contributed by atoms with Crippen molar-refractivity contribution in [2.45, 2.75) is 13.1 Å². The number of halogens is 2. The van der Waals surface area contributed by atoms with Crippen LogP contribution in [0.25, 0.3) is 5.69 Å². The average molecular weight is 465 g/mol. The molecule has 0 spiro atoms. The number of rotatable bonds is 5. The van der Waals surface area contributed by atoms with Gasteiger partial charge in [-0.15, -0.1) is 24.0 Å². The standard InChI is InChI=1S/C19H20FN5.HI/c1-21-19(22-11-15-6-5-7-17(20)10-15)23-12-16-13-24-25(14-16)18-8-3-2-4-9-18;/h2-10,13-14H,11-12H2,1H3,(H2,21,22,23);1H. The third-order valence-corrected chi connectivity index (χ3v) is 3.69. The summed E-state index contributed by atoms with van der Waals surface area (Å²) in [6, 6.07) is 16.4. The second-order valence-corrected chi connectivity index (χ2v) is 5.54. The first-order valence-electron chi connectivity index (χ1n) is 8.02. The normalized spacial score (nSPS) is 10.9. The van der Waals surface area contributed by atoms with E-state index >= 15 is 0 Å². The fraction of sp³-hybridized carbons (Fsp3) is 0.158. The summed E-state index contributed by atoms with van der Waals surface area (Å²) in [5.74, 6) is 0.410. The van der Waals surface area contributed by atoms with Crippen molar-refractivity contribution in [3.05, 3.63) is 83.9 Å². The summed E-state index contributed by atoms with van der Waals surface area (Å²) in [7, 11) is 1.70. The number of para-hydroxylation sites is 1. The van der Waals surface area contributed by atoms with Crippen molar-refractivity contribution in [1.82, 2.24) is 20.4 Å². The zero-order chi connectivity index (χ0) is 17.5. The first-order valence-corrected chi connectivity index (χ1v) is 8.02. The van der Waals surface area contributed by atoms with E-state index in [1.165, 1.54) is 12.1 Å². The monoisotopic (exact) mass is 465 g/mol. The van der Waals surface area contributed by atoms with Crippen LogP contribution in [0.3, 0.4) is 0 Å². The highest BCUT2D eigenvalue weighted by Gasteiger charge is 2.03. The van der Waals surface area contributed by atoms with Gasteiger partial charge in [-0.3, -0.25) is 4.99 Å². The maximum absolute atomic E-state index is 13.2. The Hall–Kier alpha value is -2.42. The molecule has 0 aliphatic heterocycles. The third kappa shape index (κ3) is 5.55. The molecule has 0 amide bonds. The van der Waals surface area contributed by atoms with Crippen molar-refractivity contribution in [3.63, 3.8) is 0 Å². The van der Waals surface area contributed by atoms with Crippen LogP contribution in [0.2, 0.25) is 0 Å². The lowest BCUT2D eigenvalue weighted by Gasteiger charge is -2.11. The SMILES string of the molecule is CN=C(NCc1cccc(F)c1)NCc1cnn(-c2ccccc2)c1.I. The highest BCUT2D eigenvalue weighted by Crippen LogP contribution is 2.07. The van der Waals surface area contributed by atoms with Crippen LogP contribution in [-0.2, 0) is 13.1 Å². The van der Waals surface area contributed by atoms with Crippen molar-refractivity contribution in [2.75, 3.05) is 7.05 Å². The van der Waals surface area contributed by atoms with Gasteiger partial charge in [-0.25, -0.2) is 9.07 Å². The summed E-state index contributed by atoms with van der Waals surface area (Å²) in [4.78, 5) is 4.18. The largest absolute Gasteiger partial charge is 0.352 e. The maximum atomic E-state index is 13.2. The van der Waals surface area contributed by atoms with Crippen LogP contribution in [0.4, 0.5) is 4.39 Å². The van der Waals surface area contributed by atoms with Crippen molar-refractivity contribution in [1.29, 1.82) is 0 Å². The van der Waals surface area contributed by atoms with Gasteiger partial charge >= 0.3 is 0 Å². The van der Waals surface area contributed by atoms with Crippen molar-refractivity contribution in [3.8, 4) is 5.69 Å². The van der Waals surface area contributed by atoms with Crippen LogP contribution in [0, 0.1) is 5.82 Å². The van der Waals surface area contributed by atoms with Crippen LogP contribution in [0.15, 0.2) is 72.0 Å². The number of aromatic nitrogens is 2. The molecule has 0 aliphatic carbocycles. The number of aliphatic imine (C=N–C) groups is 1. The smallest absolute Gasteiger partial charge is 0.191 e. The quantitative estimate of drug-likeness (QED) is 0.345. The summed E-state index contributed by atoms with van der Waals surface area (Å²) in [5, 5.41) is 10.8. The Kier molecular flexibility index (Phi) is 7.58. The zero-order valence-electron chi connectivity index (χ0n) is 14.4. The zero-order valence-corrected chi connectivity index (χ0v) is 16.7. The second-order valence-electron chi connectivity index (χ2n) is 5.54. The van der Waals surface area contributed by atoms with Gasteiger partial charge in [-0.1, -0.05) is 30.3 Å². The van der Waals surface area contributed by atoms with Gasteiger partial charge in [0.25, 0.3) is 0 Å². The molecule has 2 aromatic carbocycles. The Balaban J connectivity index is 0.00000243. The summed E-state index contributed by atoms with van der Waals surface area (Å²) >= 11 is 0. The van der Waals surface area contributed by atoms with E-state index in [0.29, 0.717) is 19.0 Å². The van der Waals surface area contributed by atoms with Gasteiger partial charge in [0, 0.05) is 31.9 Å². The van der Waals surface area contributed by atoms with E-state index in [0.717, 1.165) is 16.8 Å². The van der Waals surface area contributed by atoms with E-state index in [1.807, 2.05) is 53.5 Å². The Labute approximate surface area is 169 Å². The Bertz CT molecular complexity index is 848. The maximum Gasteiger partial charge on any atom is 0.191 e. The number of guanidine groups is 1. The van der Waals surface area contributed by atoms with Gasteiger partial charge in [-0.05, 0) is 29.8 Å². The molecule has 0 radical (unpaired) electrons. The first-order chi connectivity index (χ1) is 12.2. The molecule has 136 valence electrons. The predicted molar refractivity (Wildman–Crippen MR) is 112 cm³/mol. The minimum absolute atomic E-state index is 0. The first kappa shape index (κ1) is 19.9. The number of nitrogens with one attached hydrogen (secondary N) is 2. The molecule has 26 heavy (non-hydrogen) atoms. The van der Waals surface area contributed by atoms with E-state index in [-0.39, 0.29) is 29.8 Å². The molecule has 0 saturated heterocycles. The van der Waals surface area contributed by atoms with Gasteiger partial charge in [0.05, 0.1) is 11.9 Å². The number of nitrogens with zero attached hydrogens (tertiary/aromatic N) is 3. The number of hydrogen-bond acceptors (Lipinski definition) is 2. The molecule has 0 atom stereocenters. The average Bonchev–Trinajstić information content (AvgIpc) is 3.12. The third-order valence-electron chi connectivity index (χ3n) is 3.69. The van der Waals surface area contributed by atoms with E-state index in [9.17, 15) is 4.39 Å². The van der Waals surface area contributed by atoms with Gasteiger partial charge < -0.3 is 10.6 Å². The fourth-order valence-electron chi connectivity index (χ4n) is 2.41. The lowest BCUT2D eigenvalue weighted by atomic mass is 10.2. The summed E-state index contributed by atoms with van der Waals surface area (Å²) in [6.07, 6.45) is 3.79. The van der Waals surface area contributed by atoms with Crippen molar-refractivity contribution >= 4 is 29.9 Å². The predicted octanol–water partition coefficient (Wildman–Crippen LogP) is 3.49. The molecule has 3 rings (SSSR count). The highest BCUT2D eigenvalue weighted by molar-refractivity contribution is 14.0. The van der Waals surface area contributed by atoms with E-state index < -0.39 is 0 Å². The molecule has 0 aliphatic rings. The molecule has 0 unspecified atom stereocenters. The lowest BCUT2D eigenvalue weighted by molar-refractivity contribution is 0.624. The van der Waals surface area contributed by atoms with Crippen LogP contribution in [0.1, 0.15) is 11.1 Å². The summed E-state index contributed by atoms with van der Waals surface area (Å²) < 4.78 is 15.0. The molecule has 1 aromatic heterocycles.